The Hall–Kier alpha value is -2.40. The van der Waals surface area contributed by atoms with E-state index in [1.165, 1.54) is 11.1 Å². The Morgan fingerprint density at radius 3 is 2.80 bits per heavy atom. The van der Waals surface area contributed by atoms with Crippen molar-refractivity contribution in [1.82, 2.24) is 20.1 Å². The lowest BCUT2D eigenvalue weighted by Crippen LogP contribution is -2.39. The summed E-state index contributed by atoms with van der Waals surface area (Å²) in [5.74, 6) is 0. The highest BCUT2D eigenvalue weighted by molar-refractivity contribution is 5.73. The summed E-state index contributed by atoms with van der Waals surface area (Å²) >= 11 is 0. The van der Waals surface area contributed by atoms with Crippen molar-refractivity contribution in [3.63, 3.8) is 0 Å². The number of nitrogens with one attached hydrogen (secondary N) is 1. The number of carbonyl (C=O) groups excluding carboxylic acids is 1. The molecule has 0 saturated carbocycles. The molecule has 2 heterocycles. The van der Waals surface area contributed by atoms with E-state index in [1.54, 1.807) is 18.1 Å². The van der Waals surface area contributed by atoms with E-state index in [0.717, 1.165) is 38.2 Å². The topological polar surface area (TPSA) is 48.5 Å². The minimum atomic E-state index is -0.0466. The van der Waals surface area contributed by atoms with Crippen LogP contribution in [0.15, 0.2) is 48.7 Å². The maximum Gasteiger partial charge on any atom is 0.317 e. The fourth-order valence-electron chi connectivity index (χ4n) is 3.18. The molecular formula is C20H26N4O. The second-order valence-electron chi connectivity index (χ2n) is 6.56. The quantitative estimate of drug-likeness (QED) is 0.824. The maximum absolute atomic E-state index is 12.1. The summed E-state index contributed by atoms with van der Waals surface area (Å²) in [5.41, 5.74) is 3.81. The SMILES string of the molecule is CN(Cc1ccccn1)C(=O)NCCCN1CCc2ccccc2C1. The van der Waals surface area contributed by atoms with Gasteiger partial charge in [-0.05, 0) is 36.1 Å². The predicted molar refractivity (Wildman–Crippen MR) is 99.1 cm³/mol. The largest absolute Gasteiger partial charge is 0.338 e. The maximum atomic E-state index is 12.1. The molecule has 0 aliphatic carbocycles. The molecule has 3 rings (SSSR count). The number of fused-ring (bicyclic) bond motifs is 1. The van der Waals surface area contributed by atoms with E-state index in [-0.39, 0.29) is 6.03 Å². The fraction of sp³-hybridized carbons (Fsp3) is 0.400. The summed E-state index contributed by atoms with van der Waals surface area (Å²) in [6, 6.07) is 14.4. The third-order valence-corrected chi connectivity index (χ3v) is 4.61. The van der Waals surface area contributed by atoms with Crippen molar-refractivity contribution in [3.8, 4) is 0 Å². The van der Waals surface area contributed by atoms with Crippen LogP contribution in [0.5, 0.6) is 0 Å². The van der Waals surface area contributed by atoms with Gasteiger partial charge in [-0.15, -0.1) is 0 Å². The van der Waals surface area contributed by atoms with E-state index in [2.05, 4.69) is 39.5 Å². The van der Waals surface area contributed by atoms with Gasteiger partial charge in [0.05, 0.1) is 12.2 Å². The molecule has 0 unspecified atom stereocenters. The van der Waals surface area contributed by atoms with Crippen LogP contribution in [0.25, 0.3) is 0 Å². The van der Waals surface area contributed by atoms with Gasteiger partial charge in [0.1, 0.15) is 0 Å². The van der Waals surface area contributed by atoms with Gasteiger partial charge in [-0.2, -0.15) is 0 Å². The first-order chi connectivity index (χ1) is 12.2. The standard InChI is InChI=1S/C20H26N4O/c1-23(16-19-9-4-5-11-21-19)20(25)22-12-6-13-24-14-10-17-7-2-3-8-18(17)15-24/h2-5,7-9,11H,6,10,12-16H2,1H3,(H,22,25). The molecule has 5 nitrogen and oxygen atoms in total. The van der Waals surface area contributed by atoms with Crippen molar-refractivity contribution in [3.05, 3.63) is 65.5 Å². The number of hydrogen-bond donors (Lipinski definition) is 1. The Kier molecular flexibility index (Phi) is 6.01. The second kappa shape index (κ2) is 8.62. The number of hydrogen-bond acceptors (Lipinski definition) is 3. The van der Waals surface area contributed by atoms with Gasteiger partial charge in [-0.1, -0.05) is 30.3 Å². The van der Waals surface area contributed by atoms with Gasteiger partial charge in [-0.3, -0.25) is 9.88 Å². The first-order valence-corrected chi connectivity index (χ1v) is 8.90. The van der Waals surface area contributed by atoms with Gasteiger partial charge in [0.25, 0.3) is 0 Å². The van der Waals surface area contributed by atoms with E-state index in [4.69, 9.17) is 0 Å². The van der Waals surface area contributed by atoms with Gasteiger partial charge < -0.3 is 10.2 Å². The number of pyridine rings is 1. The summed E-state index contributed by atoms with van der Waals surface area (Å²) in [4.78, 5) is 20.5. The molecule has 1 aliphatic heterocycles. The normalized spacial score (nSPS) is 14.0. The predicted octanol–water partition coefficient (Wildman–Crippen LogP) is 2.67. The Labute approximate surface area is 149 Å². The average Bonchev–Trinajstić information content (AvgIpc) is 2.65. The summed E-state index contributed by atoms with van der Waals surface area (Å²) in [5, 5.41) is 2.99. The minimum Gasteiger partial charge on any atom is -0.338 e. The Morgan fingerprint density at radius 2 is 2.00 bits per heavy atom. The number of rotatable bonds is 6. The molecule has 1 aromatic heterocycles. The molecule has 2 aromatic rings. The lowest BCUT2D eigenvalue weighted by Gasteiger charge is -2.28. The summed E-state index contributed by atoms with van der Waals surface area (Å²) < 4.78 is 0. The molecule has 132 valence electrons. The number of aromatic nitrogens is 1. The van der Waals surface area contributed by atoms with Crippen LogP contribution in [0, 0.1) is 0 Å². The van der Waals surface area contributed by atoms with E-state index < -0.39 is 0 Å². The van der Waals surface area contributed by atoms with Crippen LogP contribution in [0.2, 0.25) is 0 Å². The van der Waals surface area contributed by atoms with E-state index in [0.29, 0.717) is 13.1 Å². The molecule has 1 aromatic carbocycles. The lowest BCUT2D eigenvalue weighted by atomic mass is 10.00. The van der Waals surface area contributed by atoms with Crippen molar-refractivity contribution in [2.75, 3.05) is 26.7 Å². The molecule has 25 heavy (non-hydrogen) atoms. The zero-order valence-corrected chi connectivity index (χ0v) is 14.8. The van der Waals surface area contributed by atoms with Crippen LogP contribution in [-0.4, -0.2) is 47.5 Å². The van der Waals surface area contributed by atoms with Gasteiger partial charge in [-0.25, -0.2) is 4.79 Å². The van der Waals surface area contributed by atoms with Crippen LogP contribution in [0.4, 0.5) is 4.79 Å². The van der Waals surface area contributed by atoms with Gasteiger partial charge in [0, 0.05) is 39.4 Å². The van der Waals surface area contributed by atoms with Gasteiger partial charge >= 0.3 is 6.03 Å². The van der Waals surface area contributed by atoms with E-state index in [1.807, 2.05) is 18.2 Å². The molecule has 0 spiro atoms. The summed E-state index contributed by atoms with van der Waals surface area (Å²) in [7, 11) is 1.80. The summed E-state index contributed by atoms with van der Waals surface area (Å²) in [6.07, 6.45) is 3.83. The van der Waals surface area contributed by atoms with E-state index >= 15 is 0 Å². The molecule has 0 saturated heterocycles. The third kappa shape index (κ3) is 5.03. The molecule has 0 fully saturated rings. The second-order valence-corrected chi connectivity index (χ2v) is 6.56. The molecular weight excluding hydrogens is 312 g/mol. The number of carbonyl (C=O) groups is 1. The molecule has 1 aliphatic rings. The number of urea groups is 1. The highest BCUT2D eigenvalue weighted by Gasteiger charge is 2.15. The highest BCUT2D eigenvalue weighted by atomic mass is 16.2. The molecule has 1 N–H and O–H groups in total. The van der Waals surface area contributed by atoms with Crippen molar-refractivity contribution >= 4 is 6.03 Å². The molecule has 0 atom stereocenters. The Balaban J connectivity index is 1.35. The third-order valence-electron chi connectivity index (χ3n) is 4.61. The molecule has 2 amide bonds. The van der Waals surface area contributed by atoms with Crippen LogP contribution < -0.4 is 5.32 Å². The highest BCUT2D eigenvalue weighted by Crippen LogP contribution is 2.18. The van der Waals surface area contributed by atoms with Crippen molar-refractivity contribution in [2.45, 2.75) is 25.9 Å². The van der Waals surface area contributed by atoms with Crippen LogP contribution in [-0.2, 0) is 19.5 Å². The zero-order chi connectivity index (χ0) is 17.5. The molecule has 0 radical (unpaired) electrons. The smallest absolute Gasteiger partial charge is 0.317 e. The number of nitrogens with zero attached hydrogens (tertiary/aromatic N) is 3. The fourth-order valence-corrected chi connectivity index (χ4v) is 3.18. The van der Waals surface area contributed by atoms with Crippen molar-refractivity contribution in [1.29, 1.82) is 0 Å². The van der Waals surface area contributed by atoms with Gasteiger partial charge in [0.2, 0.25) is 0 Å². The zero-order valence-electron chi connectivity index (χ0n) is 14.8. The Bertz CT molecular complexity index is 689. The van der Waals surface area contributed by atoms with Gasteiger partial charge in [0.15, 0.2) is 0 Å². The number of amides is 2. The Morgan fingerprint density at radius 1 is 1.20 bits per heavy atom. The van der Waals surface area contributed by atoms with E-state index in [9.17, 15) is 4.79 Å². The molecule has 5 heteroatoms. The van der Waals surface area contributed by atoms with Crippen LogP contribution >= 0.6 is 0 Å². The first-order valence-electron chi connectivity index (χ1n) is 8.90. The number of benzene rings is 1. The monoisotopic (exact) mass is 338 g/mol. The van der Waals surface area contributed by atoms with Crippen molar-refractivity contribution in [2.24, 2.45) is 0 Å². The van der Waals surface area contributed by atoms with Crippen molar-refractivity contribution < 1.29 is 4.79 Å². The minimum absolute atomic E-state index is 0.0466. The van der Waals surface area contributed by atoms with Crippen LogP contribution in [0.1, 0.15) is 23.2 Å². The average molecular weight is 338 g/mol. The molecule has 0 bridgehead atoms. The van der Waals surface area contributed by atoms with Crippen LogP contribution in [0.3, 0.4) is 0 Å². The first kappa shape index (κ1) is 17.4. The summed E-state index contributed by atoms with van der Waals surface area (Å²) in [6.45, 7) is 4.35. The lowest BCUT2D eigenvalue weighted by molar-refractivity contribution is 0.204.